The number of aliphatic hydroxyl groups excluding tert-OH is 1. The summed E-state index contributed by atoms with van der Waals surface area (Å²) in [5.41, 5.74) is 7.96. The Morgan fingerprint density at radius 1 is 1.33 bits per heavy atom. The number of aliphatic hydroxyl groups is 1. The van der Waals surface area contributed by atoms with Gasteiger partial charge in [0.25, 0.3) is 0 Å². The lowest BCUT2D eigenvalue weighted by molar-refractivity contribution is 0.120. The van der Waals surface area contributed by atoms with Crippen LogP contribution >= 0.6 is 15.9 Å². The van der Waals surface area contributed by atoms with Gasteiger partial charge < -0.3 is 15.3 Å². The maximum Gasteiger partial charge on any atom is 0.169 e. The van der Waals surface area contributed by atoms with Crippen molar-refractivity contribution < 1.29 is 9.52 Å². The number of rotatable bonds is 4. The highest BCUT2D eigenvalue weighted by Gasteiger charge is 2.24. The Labute approximate surface area is 115 Å². The van der Waals surface area contributed by atoms with E-state index in [1.165, 1.54) is 0 Å². The molecule has 2 aromatic rings. The number of nitrogens with two attached hydrogens (primary N) is 1. The van der Waals surface area contributed by atoms with Gasteiger partial charge in [-0.1, -0.05) is 29.8 Å². The zero-order chi connectivity index (χ0) is 13.1. The first-order valence-corrected chi connectivity index (χ1v) is 6.61. The highest BCUT2D eigenvalue weighted by atomic mass is 79.9. The first kappa shape index (κ1) is 13.3. The van der Waals surface area contributed by atoms with E-state index in [-0.39, 0.29) is 5.92 Å². The maximum absolute atomic E-state index is 10.3. The van der Waals surface area contributed by atoms with E-state index in [1.807, 2.05) is 31.2 Å². The van der Waals surface area contributed by atoms with E-state index in [4.69, 9.17) is 10.2 Å². The van der Waals surface area contributed by atoms with Crippen LogP contribution in [0.5, 0.6) is 0 Å². The molecule has 0 fully saturated rings. The van der Waals surface area contributed by atoms with Gasteiger partial charge in [-0.2, -0.15) is 0 Å². The highest BCUT2D eigenvalue weighted by molar-refractivity contribution is 9.10. The molecule has 0 saturated carbocycles. The van der Waals surface area contributed by atoms with Crippen LogP contribution in [0.25, 0.3) is 0 Å². The lowest BCUT2D eigenvalue weighted by atomic mass is 9.91. The Morgan fingerprint density at radius 2 is 2.11 bits per heavy atom. The molecule has 96 valence electrons. The molecule has 3 N–H and O–H groups in total. The molecule has 2 unspecified atom stereocenters. The van der Waals surface area contributed by atoms with Gasteiger partial charge in [0, 0.05) is 12.5 Å². The molecule has 1 aromatic carbocycles. The van der Waals surface area contributed by atoms with Crippen molar-refractivity contribution in [3.05, 3.63) is 58.0 Å². The van der Waals surface area contributed by atoms with E-state index in [9.17, 15) is 5.11 Å². The molecule has 2 atom stereocenters. The first-order valence-electron chi connectivity index (χ1n) is 5.81. The predicted molar refractivity (Wildman–Crippen MR) is 74.3 cm³/mol. The summed E-state index contributed by atoms with van der Waals surface area (Å²) in [4.78, 5) is 0. The number of aryl methyl sites for hydroxylation is 1. The van der Waals surface area contributed by atoms with Crippen molar-refractivity contribution in [2.45, 2.75) is 18.9 Å². The number of hydrogen-bond acceptors (Lipinski definition) is 3. The Balaban J connectivity index is 2.28. The summed E-state index contributed by atoms with van der Waals surface area (Å²) in [5, 5.41) is 10.3. The molecule has 0 spiro atoms. The second kappa shape index (κ2) is 5.69. The predicted octanol–water partition coefficient (Wildman–Crippen LogP) is 3.13. The van der Waals surface area contributed by atoms with E-state index in [1.54, 1.807) is 12.1 Å². The molecular weight excluding hydrogens is 294 g/mol. The van der Waals surface area contributed by atoms with Crippen LogP contribution in [0.3, 0.4) is 0 Å². The fourth-order valence-corrected chi connectivity index (χ4v) is 2.35. The third-order valence-electron chi connectivity index (χ3n) is 2.99. The van der Waals surface area contributed by atoms with E-state index < -0.39 is 6.10 Å². The molecule has 0 amide bonds. The van der Waals surface area contributed by atoms with Gasteiger partial charge in [0.15, 0.2) is 4.67 Å². The lowest BCUT2D eigenvalue weighted by Gasteiger charge is -2.20. The van der Waals surface area contributed by atoms with E-state index >= 15 is 0 Å². The van der Waals surface area contributed by atoms with Crippen molar-refractivity contribution in [1.29, 1.82) is 0 Å². The summed E-state index contributed by atoms with van der Waals surface area (Å²) in [6.45, 7) is 2.38. The monoisotopic (exact) mass is 309 g/mol. The standard InChI is InChI=1S/C14H16BrNO2/c1-9-3-2-4-10(7-9)11(8-16)14(17)12-5-6-13(15)18-12/h2-7,11,14,17H,8,16H2,1H3. The third kappa shape index (κ3) is 2.83. The summed E-state index contributed by atoms with van der Waals surface area (Å²) >= 11 is 3.23. The Morgan fingerprint density at radius 3 is 2.67 bits per heavy atom. The molecule has 0 radical (unpaired) electrons. The smallest absolute Gasteiger partial charge is 0.169 e. The average molecular weight is 310 g/mol. The summed E-state index contributed by atoms with van der Waals surface area (Å²) in [7, 11) is 0. The number of hydrogen-bond donors (Lipinski definition) is 2. The van der Waals surface area contributed by atoms with E-state index in [2.05, 4.69) is 15.9 Å². The van der Waals surface area contributed by atoms with Crippen LogP contribution < -0.4 is 5.73 Å². The topological polar surface area (TPSA) is 59.4 Å². The molecule has 0 saturated heterocycles. The van der Waals surface area contributed by atoms with Crippen molar-refractivity contribution in [3.8, 4) is 0 Å². The number of halogens is 1. The van der Waals surface area contributed by atoms with Crippen molar-refractivity contribution in [3.63, 3.8) is 0 Å². The van der Waals surface area contributed by atoms with Crippen LogP contribution in [0.15, 0.2) is 45.5 Å². The van der Waals surface area contributed by atoms with Crippen LogP contribution in [-0.2, 0) is 0 Å². The Bertz CT molecular complexity index is 524. The fourth-order valence-electron chi connectivity index (χ4n) is 2.03. The fraction of sp³-hybridized carbons (Fsp3) is 0.286. The number of benzene rings is 1. The summed E-state index contributed by atoms with van der Waals surface area (Å²) in [5.74, 6) is 0.363. The van der Waals surface area contributed by atoms with Crippen molar-refractivity contribution >= 4 is 15.9 Å². The minimum atomic E-state index is -0.733. The minimum absolute atomic E-state index is 0.164. The molecule has 0 aliphatic rings. The average Bonchev–Trinajstić information content (AvgIpc) is 2.77. The molecule has 3 nitrogen and oxygen atoms in total. The number of furan rings is 1. The highest BCUT2D eigenvalue weighted by Crippen LogP contribution is 2.32. The van der Waals surface area contributed by atoms with Crippen LogP contribution in [-0.4, -0.2) is 11.7 Å². The van der Waals surface area contributed by atoms with Crippen LogP contribution in [0, 0.1) is 6.92 Å². The van der Waals surface area contributed by atoms with E-state index in [0.29, 0.717) is 17.0 Å². The van der Waals surface area contributed by atoms with Crippen LogP contribution in [0.1, 0.15) is 28.9 Å². The quantitative estimate of drug-likeness (QED) is 0.912. The van der Waals surface area contributed by atoms with Crippen LogP contribution in [0.2, 0.25) is 0 Å². The van der Waals surface area contributed by atoms with Gasteiger partial charge in [-0.15, -0.1) is 0 Å². The largest absolute Gasteiger partial charge is 0.452 e. The van der Waals surface area contributed by atoms with Gasteiger partial charge in [0.05, 0.1) is 0 Å². The van der Waals surface area contributed by atoms with Gasteiger partial charge >= 0.3 is 0 Å². The van der Waals surface area contributed by atoms with Crippen molar-refractivity contribution in [2.75, 3.05) is 6.54 Å². The summed E-state index contributed by atoms with van der Waals surface area (Å²) in [6, 6.07) is 11.5. The van der Waals surface area contributed by atoms with Crippen LogP contribution in [0.4, 0.5) is 0 Å². The first-order chi connectivity index (χ1) is 8.61. The van der Waals surface area contributed by atoms with Crippen molar-refractivity contribution in [2.24, 2.45) is 5.73 Å². The van der Waals surface area contributed by atoms with Gasteiger partial charge in [0.1, 0.15) is 11.9 Å². The molecule has 4 heteroatoms. The molecule has 0 aliphatic carbocycles. The Kier molecular flexibility index (Phi) is 4.22. The van der Waals surface area contributed by atoms with Gasteiger partial charge in [-0.25, -0.2) is 0 Å². The summed E-state index contributed by atoms with van der Waals surface area (Å²) in [6.07, 6.45) is -0.733. The molecule has 0 aliphatic heterocycles. The second-order valence-electron chi connectivity index (χ2n) is 4.34. The molecule has 1 aromatic heterocycles. The second-order valence-corrected chi connectivity index (χ2v) is 5.12. The minimum Gasteiger partial charge on any atom is -0.452 e. The maximum atomic E-state index is 10.3. The zero-order valence-corrected chi connectivity index (χ0v) is 11.7. The third-order valence-corrected chi connectivity index (χ3v) is 3.42. The van der Waals surface area contributed by atoms with Gasteiger partial charge in [-0.05, 0) is 40.5 Å². The SMILES string of the molecule is Cc1cccc(C(CN)C(O)c2ccc(Br)o2)c1. The molecule has 1 heterocycles. The molecule has 18 heavy (non-hydrogen) atoms. The van der Waals surface area contributed by atoms with Gasteiger partial charge in [-0.3, -0.25) is 0 Å². The normalized spacial score (nSPS) is 14.4. The Hall–Kier alpha value is -1.10. The van der Waals surface area contributed by atoms with Crippen molar-refractivity contribution in [1.82, 2.24) is 0 Å². The molecule has 2 rings (SSSR count). The lowest BCUT2D eigenvalue weighted by Crippen LogP contribution is -2.19. The van der Waals surface area contributed by atoms with E-state index in [0.717, 1.165) is 11.1 Å². The molecular formula is C14H16BrNO2. The van der Waals surface area contributed by atoms with Gasteiger partial charge in [0.2, 0.25) is 0 Å². The summed E-state index contributed by atoms with van der Waals surface area (Å²) < 4.78 is 6.00. The zero-order valence-electron chi connectivity index (χ0n) is 10.1. The molecule has 0 bridgehead atoms.